The van der Waals surface area contributed by atoms with Crippen LogP contribution in [0.25, 0.3) is 15.9 Å². The highest BCUT2D eigenvalue weighted by Crippen LogP contribution is 2.39. The fourth-order valence-corrected chi connectivity index (χ4v) is 4.94. The van der Waals surface area contributed by atoms with Gasteiger partial charge in [0, 0.05) is 17.3 Å². The summed E-state index contributed by atoms with van der Waals surface area (Å²) in [6, 6.07) is 1.91. The third-order valence-electron chi connectivity index (χ3n) is 4.97. The van der Waals surface area contributed by atoms with E-state index in [9.17, 15) is 0 Å². The lowest BCUT2D eigenvalue weighted by Gasteiger charge is -2.20. The number of aromatic nitrogens is 6. The van der Waals surface area contributed by atoms with Crippen molar-refractivity contribution in [3.8, 4) is 0 Å². The highest BCUT2D eigenvalue weighted by Gasteiger charge is 2.24. The molecule has 1 unspecified atom stereocenters. The molecule has 0 saturated heterocycles. The van der Waals surface area contributed by atoms with Crippen LogP contribution < -0.4 is 0 Å². The van der Waals surface area contributed by atoms with Crippen LogP contribution in [0.1, 0.15) is 36.0 Å². The van der Waals surface area contributed by atoms with E-state index in [1.807, 2.05) is 32.8 Å². The second-order valence-electron chi connectivity index (χ2n) is 6.45. The first-order valence-electron chi connectivity index (χ1n) is 8.43. The Morgan fingerprint density at radius 2 is 2.33 bits per heavy atom. The first-order valence-corrected chi connectivity index (χ1v) is 9.25. The van der Waals surface area contributed by atoms with E-state index in [0.29, 0.717) is 6.54 Å². The van der Waals surface area contributed by atoms with Crippen LogP contribution in [0.4, 0.5) is 0 Å². The third kappa shape index (κ3) is 2.15. The Hall–Kier alpha value is -2.28. The molecule has 0 radical (unpaired) electrons. The maximum absolute atomic E-state index is 4.79. The molecule has 1 aliphatic rings. The minimum atomic E-state index is 0.584. The first kappa shape index (κ1) is 14.1. The summed E-state index contributed by atoms with van der Waals surface area (Å²) >= 11 is 1.84. The summed E-state index contributed by atoms with van der Waals surface area (Å²) in [5.41, 5.74) is 2.39. The molecule has 0 N–H and O–H groups in total. The number of hydrogen-bond acceptors (Lipinski definition) is 5. The predicted octanol–water partition coefficient (Wildman–Crippen LogP) is 3.10. The molecule has 4 heterocycles. The Morgan fingerprint density at radius 1 is 1.38 bits per heavy atom. The van der Waals surface area contributed by atoms with Crippen molar-refractivity contribution in [3.05, 3.63) is 41.1 Å². The van der Waals surface area contributed by atoms with Crippen LogP contribution in [0.2, 0.25) is 0 Å². The molecule has 0 fully saturated rings. The summed E-state index contributed by atoms with van der Waals surface area (Å²) in [7, 11) is 0. The van der Waals surface area contributed by atoms with Gasteiger partial charge in [0.05, 0.1) is 5.39 Å². The van der Waals surface area contributed by atoms with Crippen LogP contribution in [0.5, 0.6) is 0 Å². The summed E-state index contributed by atoms with van der Waals surface area (Å²) in [6.45, 7) is 2.87. The van der Waals surface area contributed by atoms with Gasteiger partial charge in [-0.15, -0.1) is 16.4 Å². The van der Waals surface area contributed by atoms with Crippen LogP contribution in [-0.4, -0.2) is 29.4 Å². The summed E-state index contributed by atoms with van der Waals surface area (Å²) < 4.78 is 3.66. The van der Waals surface area contributed by atoms with Crippen LogP contribution in [0, 0.1) is 5.92 Å². The van der Waals surface area contributed by atoms with Crippen molar-refractivity contribution < 1.29 is 0 Å². The van der Waals surface area contributed by atoms with Gasteiger partial charge in [0.2, 0.25) is 0 Å². The predicted molar refractivity (Wildman–Crippen MR) is 93.3 cm³/mol. The van der Waals surface area contributed by atoms with Crippen LogP contribution in [-0.2, 0) is 19.4 Å². The Kier molecular flexibility index (Phi) is 3.16. The fourth-order valence-electron chi connectivity index (χ4n) is 3.64. The average Bonchev–Trinajstić information content (AvgIpc) is 3.30. The minimum Gasteiger partial charge on any atom is -0.265 e. The Morgan fingerprint density at radius 3 is 3.17 bits per heavy atom. The number of hydrogen-bond donors (Lipinski definition) is 0. The summed E-state index contributed by atoms with van der Waals surface area (Å²) in [5.74, 6) is 1.59. The van der Waals surface area contributed by atoms with E-state index in [1.165, 1.54) is 35.1 Å². The SMILES string of the molecule is CCC1CCc2c(sc3ncn4nc(Cn5cccn5)nc4c23)C1. The molecule has 0 aliphatic heterocycles. The maximum Gasteiger partial charge on any atom is 0.173 e. The van der Waals surface area contributed by atoms with Crippen molar-refractivity contribution in [2.75, 3.05) is 0 Å². The highest BCUT2D eigenvalue weighted by molar-refractivity contribution is 7.19. The number of rotatable bonds is 3. The number of aryl methyl sites for hydroxylation is 1. The zero-order valence-corrected chi connectivity index (χ0v) is 14.3. The molecule has 0 spiro atoms. The van der Waals surface area contributed by atoms with Crippen LogP contribution >= 0.6 is 11.3 Å². The normalized spacial score (nSPS) is 17.6. The molecule has 122 valence electrons. The van der Waals surface area contributed by atoms with Gasteiger partial charge in [0.1, 0.15) is 17.7 Å². The summed E-state index contributed by atoms with van der Waals surface area (Å²) in [5, 5.41) is 10.0. The van der Waals surface area contributed by atoms with Crippen molar-refractivity contribution in [2.24, 2.45) is 5.92 Å². The average molecular weight is 338 g/mol. The van der Waals surface area contributed by atoms with E-state index in [4.69, 9.17) is 4.98 Å². The van der Waals surface area contributed by atoms with E-state index in [1.54, 1.807) is 12.5 Å². The van der Waals surface area contributed by atoms with Crippen LogP contribution in [0.15, 0.2) is 24.8 Å². The molecule has 1 atom stereocenters. The van der Waals surface area contributed by atoms with Gasteiger partial charge < -0.3 is 0 Å². The molecule has 0 bridgehead atoms. The van der Waals surface area contributed by atoms with Crippen molar-refractivity contribution >= 4 is 27.2 Å². The monoisotopic (exact) mass is 338 g/mol. The zero-order valence-electron chi connectivity index (χ0n) is 13.5. The van der Waals surface area contributed by atoms with E-state index < -0.39 is 0 Å². The van der Waals surface area contributed by atoms with E-state index in [2.05, 4.69) is 22.1 Å². The number of thiophene rings is 1. The Bertz CT molecular complexity index is 1010. The van der Waals surface area contributed by atoms with E-state index >= 15 is 0 Å². The van der Waals surface area contributed by atoms with Crippen molar-refractivity contribution in [1.82, 2.24) is 29.4 Å². The van der Waals surface area contributed by atoms with E-state index in [0.717, 1.165) is 28.6 Å². The summed E-state index contributed by atoms with van der Waals surface area (Å²) in [6.07, 6.45) is 10.3. The largest absolute Gasteiger partial charge is 0.265 e. The molecule has 1 aliphatic carbocycles. The Balaban J connectivity index is 1.64. The molecular weight excluding hydrogens is 320 g/mol. The van der Waals surface area contributed by atoms with Gasteiger partial charge in [-0.2, -0.15) is 5.10 Å². The molecule has 0 saturated carbocycles. The van der Waals surface area contributed by atoms with Crippen molar-refractivity contribution in [1.29, 1.82) is 0 Å². The highest BCUT2D eigenvalue weighted by atomic mass is 32.1. The van der Waals surface area contributed by atoms with Gasteiger partial charge >= 0.3 is 0 Å². The molecule has 6 nitrogen and oxygen atoms in total. The second-order valence-corrected chi connectivity index (χ2v) is 7.53. The lowest BCUT2D eigenvalue weighted by atomic mass is 9.86. The maximum atomic E-state index is 4.79. The zero-order chi connectivity index (χ0) is 16.1. The number of nitrogens with zero attached hydrogens (tertiary/aromatic N) is 6. The molecule has 7 heteroatoms. The van der Waals surface area contributed by atoms with E-state index in [-0.39, 0.29) is 0 Å². The van der Waals surface area contributed by atoms with Gasteiger partial charge in [-0.05, 0) is 36.8 Å². The van der Waals surface area contributed by atoms with Gasteiger partial charge in [0.15, 0.2) is 11.5 Å². The molecular formula is C17H18N6S. The topological polar surface area (TPSA) is 60.9 Å². The quantitative estimate of drug-likeness (QED) is 0.576. The van der Waals surface area contributed by atoms with Gasteiger partial charge in [0.25, 0.3) is 0 Å². The molecule has 4 aromatic rings. The second kappa shape index (κ2) is 5.37. The lowest BCUT2D eigenvalue weighted by Crippen LogP contribution is -2.11. The number of fused-ring (bicyclic) bond motifs is 5. The van der Waals surface area contributed by atoms with Gasteiger partial charge in [-0.1, -0.05) is 13.3 Å². The Labute approximate surface area is 143 Å². The molecule has 0 amide bonds. The first-order chi connectivity index (χ1) is 11.8. The lowest BCUT2D eigenvalue weighted by molar-refractivity contribution is 0.451. The van der Waals surface area contributed by atoms with Crippen LogP contribution in [0.3, 0.4) is 0 Å². The van der Waals surface area contributed by atoms with Crippen molar-refractivity contribution in [3.63, 3.8) is 0 Å². The summed E-state index contributed by atoms with van der Waals surface area (Å²) in [4.78, 5) is 12.0. The standard InChI is InChI=1S/C17H18N6S/c1-2-11-4-5-12-13(8-11)24-17-15(12)16-20-14(21-23(16)10-18-17)9-22-7-3-6-19-22/h3,6-7,10-11H,2,4-5,8-9H2,1H3. The fraction of sp³-hybridized carbons (Fsp3) is 0.412. The molecule has 0 aromatic carbocycles. The smallest absolute Gasteiger partial charge is 0.173 e. The third-order valence-corrected chi connectivity index (χ3v) is 6.13. The molecule has 4 aromatic heterocycles. The van der Waals surface area contributed by atoms with Gasteiger partial charge in [-0.3, -0.25) is 4.68 Å². The van der Waals surface area contributed by atoms with Crippen molar-refractivity contribution in [2.45, 2.75) is 39.2 Å². The molecule has 24 heavy (non-hydrogen) atoms. The minimum absolute atomic E-state index is 0.584. The molecule has 5 rings (SSSR count). The van der Waals surface area contributed by atoms with Gasteiger partial charge in [-0.25, -0.2) is 14.5 Å².